The van der Waals surface area contributed by atoms with Gasteiger partial charge >= 0.3 is 0 Å². The summed E-state index contributed by atoms with van der Waals surface area (Å²) >= 11 is 0. The van der Waals surface area contributed by atoms with E-state index in [4.69, 9.17) is 5.11 Å². The Labute approximate surface area is 112 Å². The highest BCUT2D eigenvalue weighted by atomic mass is 16.3. The van der Waals surface area contributed by atoms with Crippen molar-refractivity contribution in [1.29, 1.82) is 0 Å². The molecule has 1 amide bonds. The number of aliphatic hydroxyl groups excluding tert-OH is 1. The van der Waals surface area contributed by atoms with E-state index in [1.165, 1.54) is 6.92 Å². The fraction of sp³-hybridized carbons (Fsp3) is 0.571. The van der Waals surface area contributed by atoms with E-state index in [1.807, 2.05) is 0 Å². The lowest BCUT2D eigenvalue weighted by atomic mass is 9.98. The zero-order valence-electron chi connectivity index (χ0n) is 11.4. The number of likely N-dealkylation sites (tertiary alicyclic amines) is 1. The minimum Gasteiger partial charge on any atom is -0.396 e. The zero-order valence-corrected chi connectivity index (χ0v) is 11.4. The van der Waals surface area contributed by atoms with Crippen LogP contribution in [0.1, 0.15) is 40.6 Å². The number of carbonyl (C=O) groups is 2. The molecule has 1 fully saturated rings. The molecule has 5 nitrogen and oxygen atoms in total. The van der Waals surface area contributed by atoms with Gasteiger partial charge in [-0.3, -0.25) is 9.59 Å². The van der Waals surface area contributed by atoms with E-state index in [0.717, 1.165) is 12.8 Å². The Kier molecular flexibility index (Phi) is 4.04. The molecule has 0 radical (unpaired) electrons. The molecular formula is C14H20N2O3. The Morgan fingerprint density at radius 2 is 2.00 bits per heavy atom. The van der Waals surface area contributed by atoms with Crippen LogP contribution < -0.4 is 0 Å². The van der Waals surface area contributed by atoms with Crippen LogP contribution in [0.5, 0.6) is 0 Å². The van der Waals surface area contributed by atoms with Crippen molar-refractivity contribution in [2.75, 3.05) is 19.7 Å². The number of carbonyl (C=O) groups excluding carboxylic acids is 2. The van der Waals surface area contributed by atoms with E-state index in [9.17, 15) is 9.59 Å². The molecule has 0 unspecified atom stereocenters. The monoisotopic (exact) mass is 264 g/mol. The molecule has 1 aliphatic rings. The molecule has 1 aromatic rings. The molecular weight excluding hydrogens is 244 g/mol. The van der Waals surface area contributed by atoms with Gasteiger partial charge in [0.2, 0.25) is 0 Å². The molecule has 2 heterocycles. The lowest BCUT2D eigenvalue weighted by molar-refractivity contribution is 0.0641. The molecule has 0 bridgehead atoms. The number of rotatable bonds is 3. The third-order valence-electron chi connectivity index (χ3n) is 3.79. The second-order valence-corrected chi connectivity index (χ2v) is 5.20. The van der Waals surface area contributed by atoms with Crippen molar-refractivity contribution in [3.8, 4) is 0 Å². The number of piperidine rings is 1. The Morgan fingerprint density at radius 3 is 2.47 bits per heavy atom. The summed E-state index contributed by atoms with van der Waals surface area (Å²) in [7, 11) is 1.78. The number of Topliss-reactive ketones (excluding diaryl/α,β-unsaturated/α-hetero) is 1. The van der Waals surface area contributed by atoms with Crippen molar-refractivity contribution < 1.29 is 14.7 Å². The van der Waals surface area contributed by atoms with Crippen LogP contribution in [0.3, 0.4) is 0 Å². The summed E-state index contributed by atoms with van der Waals surface area (Å²) in [6.07, 6.45) is 3.37. The van der Waals surface area contributed by atoms with Crippen molar-refractivity contribution in [2.24, 2.45) is 13.0 Å². The highest BCUT2D eigenvalue weighted by molar-refractivity contribution is 5.99. The van der Waals surface area contributed by atoms with Gasteiger partial charge in [-0.05, 0) is 31.7 Å². The van der Waals surface area contributed by atoms with Gasteiger partial charge in [0.25, 0.3) is 5.91 Å². The summed E-state index contributed by atoms with van der Waals surface area (Å²) in [5.74, 6) is 0.241. The molecule has 0 spiro atoms. The molecule has 1 N–H and O–H groups in total. The van der Waals surface area contributed by atoms with Crippen LogP contribution in [0.25, 0.3) is 0 Å². The lowest BCUT2D eigenvalue weighted by Gasteiger charge is -2.31. The van der Waals surface area contributed by atoms with E-state index in [0.29, 0.717) is 30.3 Å². The van der Waals surface area contributed by atoms with Crippen LogP contribution in [0, 0.1) is 5.92 Å². The summed E-state index contributed by atoms with van der Waals surface area (Å²) in [4.78, 5) is 25.5. The number of aliphatic hydroxyl groups is 1. The Hall–Kier alpha value is -1.62. The van der Waals surface area contributed by atoms with Gasteiger partial charge in [-0.25, -0.2) is 0 Å². The summed E-state index contributed by atoms with van der Waals surface area (Å²) in [5.41, 5.74) is 1.11. The van der Waals surface area contributed by atoms with Crippen LogP contribution in [0.2, 0.25) is 0 Å². The van der Waals surface area contributed by atoms with Crippen molar-refractivity contribution in [2.45, 2.75) is 19.8 Å². The van der Waals surface area contributed by atoms with Gasteiger partial charge in [0.05, 0.1) is 0 Å². The topological polar surface area (TPSA) is 62.5 Å². The van der Waals surface area contributed by atoms with Gasteiger partial charge in [0.15, 0.2) is 5.78 Å². The smallest absolute Gasteiger partial charge is 0.270 e. The van der Waals surface area contributed by atoms with Gasteiger partial charge in [-0.1, -0.05) is 0 Å². The fourth-order valence-electron chi connectivity index (χ4n) is 2.45. The summed E-state index contributed by atoms with van der Waals surface area (Å²) in [5, 5.41) is 9.10. The lowest BCUT2D eigenvalue weighted by Crippen LogP contribution is -2.39. The molecule has 1 aromatic heterocycles. The largest absolute Gasteiger partial charge is 0.396 e. The molecule has 0 saturated carbocycles. The van der Waals surface area contributed by atoms with Crippen molar-refractivity contribution in [1.82, 2.24) is 9.47 Å². The van der Waals surface area contributed by atoms with E-state index in [1.54, 1.807) is 28.8 Å². The van der Waals surface area contributed by atoms with Crippen LogP contribution in [-0.4, -0.2) is 46.0 Å². The second-order valence-electron chi connectivity index (χ2n) is 5.20. The minimum absolute atomic E-state index is 0.0337. The molecule has 1 aliphatic heterocycles. The normalized spacial score (nSPS) is 16.7. The first-order valence-electron chi connectivity index (χ1n) is 6.60. The van der Waals surface area contributed by atoms with Crippen LogP contribution in [0.15, 0.2) is 12.3 Å². The van der Waals surface area contributed by atoms with Crippen molar-refractivity contribution in [3.05, 3.63) is 23.5 Å². The molecule has 0 aromatic carbocycles. The Bertz CT molecular complexity index is 485. The third kappa shape index (κ3) is 2.87. The number of amides is 1. The first kappa shape index (κ1) is 13.8. The van der Waals surface area contributed by atoms with E-state index in [2.05, 4.69) is 0 Å². The molecule has 0 aliphatic carbocycles. The van der Waals surface area contributed by atoms with Gasteiger partial charge in [-0.15, -0.1) is 0 Å². The van der Waals surface area contributed by atoms with Gasteiger partial charge in [0.1, 0.15) is 5.69 Å². The van der Waals surface area contributed by atoms with Crippen LogP contribution >= 0.6 is 0 Å². The average molecular weight is 264 g/mol. The number of ketones is 1. The average Bonchev–Trinajstić information content (AvgIpc) is 2.80. The predicted molar refractivity (Wildman–Crippen MR) is 71.1 cm³/mol. The maximum absolute atomic E-state index is 12.4. The second kappa shape index (κ2) is 5.57. The maximum Gasteiger partial charge on any atom is 0.270 e. The first-order chi connectivity index (χ1) is 9.02. The van der Waals surface area contributed by atoms with Crippen LogP contribution in [-0.2, 0) is 7.05 Å². The van der Waals surface area contributed by atoms with Gasteiger partial charge in [-0.2, -0.15) is 0 Å². The molecule has 19 heavy (non-hydrogen) atoms. The number of nitrogens with zero attached hydrogens (tertiary/aromatic N) is 2. The van der Waals surface area contributed by atoms with E-state index >= 15 is 0 Å². The third-order valence-corrected chi connectivity index (χ3v) is 3.79. The van der Waals surface area contributed by atoms with Crippen LogP contribution in [0.4, 0.5) is 0 Å². The standard InChI is InChI=1S/C14H20N2O3/c1-10(18)12-7-13(15(2)8-12)14(19)16-5-3-11(9-17)4-6-16/h7-8,11,17H,3-6,9H2,1-2H3. The van der Waals surface area contributed by atoms with Gasteiger partial charge in [0, 0.05) is 38.5 Å². The van der Waals surface area contributed by atoms with Gasteiger partial charge < -0.3 is 14.6 Å². The van der Waals surface area contributed by atoms with E-state index in [-0.39, 0.29) is 18.3 Å². The minimum atomic E-state index is -0.0358. The highest BCUT2D eigenvalue weighted by Gasteiger charge is 2.25. The molecule has 0 atom stereocenters. The predicted octanol–water partition coefficient (Wildman–Crippen LogP) is 1.07. The number of hydrogen-bond donors (Lipinski definition) is 1. The first-order valence-corrected chi connectivity index (χ1v) is 6.60. The van der Waals surface area contributed by atoms with Crippen molar-refractivity contribution >= 4 is 11.7 Å². The van der Waals surface area contributed by atoms with E-state index < -0.39 is 0 Å². The number of aromatic nitrogens is 1. The quantitative estimate of drug-likeness (QED) is 0.831. The summed E-state index contributed by atoms with van der Waals surface area (Å²) < 4.78 is 1.71. The fourth-order valence-corrected chi connectivity index (χ4v) is 2.45. The number of aryl methyl sites for hydroxylation is 1. The van der Waals surface area contributed by atoms with Crippen molar-refractivity contribution in [3.63, 3.8) is 0 Å². The summed E-state index contributed by atoms with van der Waals surface area (Å²) in [6, 6.07) is 1.66. The molecule has 2 rings (SSSR count). The zero-order chi connectivity index (χ0) is 14.0. The summed E-state index contributed by atoms with van der Waals surface area (Å²) in [6.45, 7) is 3.03. The molecule has 1 saturated heterocycles. The Morgan fingerprint density at radius 1 is 1.37 bits per heavy atom. The number of hydrogen-bond acceptors (Lipinski definition) is 3. The SMILES string of the molecule is CC(=O)c1cc(C(=O)N2CCC(CO)CC2)n(C)c1. The molecule has 104 valence electrons. The molecule has 5 heteroatoms. The maximum atomic E-state index is 12.4. The highest BCUT2D eigenvalue weighted by Crippen LogP contribution is 2.19. The Balaban J connectivity index is 2.10.